The maximum atomic E-state index is 11.5. The summed E-state index contributed by atoms with van der Waals surface area (Å²) in [7, 11) is 0. The lowest BCUT2D eigenvalue weighted by molar-refractivity contribution is -0.385. The number of aromatic nitrogens is 1. The summed E-state index contributed by atoms with van der Waals surface area (Å²) in [5.74, 6) is 0. The third-order valence-corrected chi connectivity index (χ3v) is 3.54. The standard InChI is InChI=1S/C14H14BrN3O3/c1-2-17-9-12(4-6-14(17)19)16-8-10-7-11(15)3-5-13(10)18(20)21/h3-7,9,16H,2,8H2,1H3. The van der Waals surface area contributed by atoms with Crippen LogP contribution in [0.4, 0.5) is 11.4 Å². The van der Waals surface area contributed by atoms with Crippen molar-refractivity contribution in [2.75, 3.05) is 5.32 Å². The second kappa shape index (κ2) is 6.53. The van der Waals surface area contributed by atoms with Crippen LogP contribution in [0.2, 0.25) is 0 Å². The van der Waals surface area contributed by atoms with Crippen molar-refractivity contribution in [3.05, 3.63) is 67.0 Å². The van der Waals surface area contributed by atoms with Gasteiger partial charge in [-0.15, -0.1) is 0 Å². The van der Waals surface area contributed by atoms with E-state index in [1.807, 2.05) is 6.92 Å². The predicted molar refractivity (Wildman–Crippen MR) is 84.5 cm³/mol. The first kappa shape index (κ1) is 15.2. The Labute approximate surface area is 129 Å². The molecule has 0 saturated heterocycles. The van der Waals surface area contributed by atoms with Gasteiger partial charge in [0.15, 0.2) is 0 Å². The molecule has 6 nitrogen and oxygen atoms in total. The molecule has 1 aromatic carbocycles. The quantitative estimate of drug-likeness (QED) is 0.662. The Bertz CT molecular complexity index is 728. The SMILES string of the molecule is CCn1cc(NCc2cc(Br)ccc2[N+](=O)[O-])ccc1=O. The van der Waals surface area contributed by atoms with Crippen molar-refractivity contribution >= 4 is 27.3 Å². The van der Waals surface area contributed by atoms with Gasteiger partial charge in [0, 0.05) is 41.5 Å². The van der Waals surface area contributed by atoms with Gasteiger partial charge in [0.2, 0.25) is 0 Å². The number of pyridine rings is 1. The van der Waals surface area contributed by atoms with Gasteiger partial charge in [-0.2, -0.15) is 0 Å². The molecule has 2 aromatic rings. The summed E-state index contributed by atoms with van der Waals surface area (Å²) >= 11 is 3.31. The Morgan fingerprint density at radius 1 is 1.33 bits per heavy atom. The summed E-state index contributed by atoms with van der Waals surface area (Å²) in [6.45, 7) is 2.76. The van der Waals surface area contributed by atoms with Gasteiger partial charge in [-0.3, -0.25) is 14.9 Å². The van der Waals surface area contributed by atoms with Gasteiger partial charge in [0.25, 0.3) is 11.2 Å². The van der Waals surface area contributed by atoms with Gasteiger partial charge in [0.05, 0.1) is 10.6 Å². The minimum absolute atomic E-state index is 0.0644. The number of nitro benzene ring substituents is 1. The van der Waals surface area contributed by atoms with Gasteiger partial charge < -0.3 is 9.88 Å². The summed E-state index contributed by atoms with van der Waals surface area (Å²) in [6, 6.07) is 7.95. The fourth-order valence-corrected chi connectivity index (χ4v) is 2.36. The van der Waals surface area contributed by atoms with Crippen LogP contribution in [0.1, 0.15) is 12.5 Å². The van der Waals surface area contributed by atoms with Gasteiger partial charge in [-0.1, -0.05) is 15.9 Å². The normalized spacial score (nSPS) is 10.4. The molecule has 110 valence electrons. The van der Waals surface area contributed by atoms with E-state index in [9.17, 15) is 14.9 Å². The van der Waals surface area contributed by atoms with Crippen LogP contribution in [-0.2, 0) is 13.1 Å². The highest BCUT2D eigenvalue weighted by atomic mass is 79.9. The van der Waals surface area contributed by atoms with Gasteiger partial charge >= 0.3 is 0 Å². The van der Waals surface area contributed by atoms with E-state index in [0.29, 0.717) is 18.7 Å². The monoisotopic (exact) mass is 351 g/mol. The highest BCUT2D eigenvalue weighted by Crippen LogP contribution is 2.23. The zero-order valence-corrected chi connectivity index (χ0v) is 13.0. The molecule has 0 amide bonds. The zero-order valence-electron chi connectivity index (χ0n) is 11.4. The molecule has 0 saturated carbocycles. The average molecular weight is 352 g/mol. The third kappa shape index (κ3) is 3.69. The molecule has 0 fully saturated rings. The number of nitrogens with one attached hydrogen (secondary N) is 1. The zero-order chi connectivity index (χ0) is 15.4. The van der Waals surface area contributed by atoms with Crippen LogP contribution in [-0.4, -0.2) is 9.49 Å². The van der Waals surface area contributed by atoms with Gasteiger partial charge in [-0.25, -0.2) is 0 Å². The number of nitro groups is 1. The summed E-state index contributed by atoms with van der Waals surface area (Å²) in [6.07, 6.45) is 1.70. The Hall–Kier alpha value is -2.15. The lowest BCUT2D eigenvalue weighted by Crippen LogP contribution is -2.17. The van der Waals surface area contributed by atoms with Crippen LogP contribution < -0.4 is 10.9 Å². The number of anilines is 1. The number of hydrogen-bond donors (Lipinski definition) is 1. The smallest absolute Gasteiger partial charge is 0.274 e. The molecule has 0 atom stereocenters. The van der Waals surface area contributed by atoms with Crippen LogP contribution in [0.5, 0.6) is 0 Å². The van der Waals surface area contributed by atoms with Crippen molar-refractivity contribution in [2.24, 2.45) is 0 Å². The number of benzene rings is 1. The van der Waals surface area contributed by atoms with Gasteiger partial charge in [0.1, 0.15) is 0 Å². The molecule has 0 aliphatic carbocycles. The number of halogens is 1. The van der Waals surface area contributed by atoms with Crippen molar-refractivity contribution in [3.8, 4) is 0 Å². The molecule has 1 heterocycles. The molecule has 21 heavy (non-hydrogen) atoms. The molecule has 0 unspecified atom stereocenters. The lowest BCUT2D eigenvalue weighted by atomic mass is 10.2. The van der Waals surface area contributed by atoms with Crippen LogP contribution in [0, 0.1) is 10.1 Å². The minimum atomic E-state index is -0.406. The Balaban J connectivity index is 2.22. The molecule has 7 heteroatoms. The summed E-state index contributed by atoms with van der Waals surface area (Å²) in [4.78, 5) is 22.1. The van der Waals surface area contributed by atoms with Crippen LogP contribution >= 0.6 is 15.9 Å². The summed E-state index contributed by atoms with van der Waals surface area (Å²) in [5, 5.41) is 14.1. The fourth-order valence-electron chi connectivity index (χ4n) is 1.95. The van der Waals surface area contributed by atoms with E-state index >= 15 is 0 Å². The second-order valence-corrected chi connectivity index (χ2v) is 5.34. The van der Waals surface area contributed by atoms with Crippen LogP contribution in [0.3, 0.4) is 0 Å². The highest BCUT2D eigenvalue weighted by molar-refractivity contribution is 9.10. The van der Waals surface area contributed by atoms with E-state index < -0.39 is 4.92 Å². The third-order valence-electron chi connectivity index (χ3n) is 3.05. The summed E-state index contributed by atoms with van der Waals surface area (Å²) in [5.41, 5.74) is 1.31. The number of rotatable bonds is 5. The topological polar surface area (TPSA) is 77.2 Å². The number of hydrogen-bond acceptors (Lipinski definition) is 4. The Morgan fingerprint density at radius 2 is 2.10 bits per heavy atom. The maximum Gasteiger partial charge on any atom is 0.274 e. The largest absolute Gasteiger partial charge is 0.380 e. The van der Waals surface area contributed by atoms with Crippen molar-refractivity contribution in [1.29, 1.82) is 0 Å². The van der Waals surface area contributed by atoms with Crippen molar-refractivity contribution in [1.82, 2.24) is 4.57 Å². The molecule has 1 aromatic heterocycles. The fraction of sp³-hybridized carbons (Fsp3) is 0.214. The van der Waals surface area contributed by atoms with E-state index in [1.165, 1.54) is 12.1 Å². The van der Waals surface area contributed by atoms with E-state index in [0.717, 1.165) is 10.2 Å². The molecular weight excluding hydrogens is 338 g/mol. The average Bonchev–Trinajstić information content (AvgIpc) is 2.46. The molecule has 2 rings (SSSR count). The molecule has 0 aliphatic heterocycles. The van der Waals surface area contributed by atoms with Crippen molar-refractivity contribution in [2.45, 2.75) is 20.0 Å². The molecule has 0 spiro atoms. The highest BCUT2D eigenvalue weighted by Gasteiger charge is 2.13. The number of nitrogens with zero attached hydrogens (tertiary/aromatic N) is 2. The first-order chi connectivity index (χ1) is 10.0. The van der Waals surface area contributed by atoms with Gasteiger partial charge in [-0.05, 0) is 25.1 Å². The Morgan fingerprint density at radius 3 is 2.76 bits per heavy atom. The molecule has 0 bridgehead atoms. The van der Waals surface area contributed by atoms with Crippen molar-refractivity contribution in [3.63, 3.8) is 0 Å². The Kier molecular flexibility index (Phi) is 4.74. The molecule has 0 radical (unpaired) electrons. The van der Waals surface area contributed by atoms with E-state index in [1.54, 1.807) is 29.0 Å². The maximum absolute atomic E-state index is 11.5. The number of aryl methyl sites for hydroxylation is 1. The minimum Gasteiger partial charge on any atom is -0.380 e. The summed E-state index contributed by atoms with van der Waals surface area (Å²) < 4.78 is 2.35. The van der Waals surface area contributed by atoms with Crippen LogP contribution in [0.15, 0.2) is 45.8 Å². The first-order valence-corrected chi connectivity index (χ1v) is 7.17. The molecule has 1 N–H and O–H groups in total. The molecule has 0 aliphatic rings. The lowest BCUT2D eigenvalue weighted by Gasteiger charge is -2.09. The first-order valence-electron chi connectivity index (χ1n) is 6.38. The second-order valence-electron chi connectivity index (χ2n) is 4.43. The van der Waals surface area contributed by atoms with Crippen LogP contribution in [0.25, 0.3) is 0 Å². The van der Waals surface area contributed by atoms with Crippen molar-refractivity contribution < 1.29 is 4.92 Å². The van der Waals surface area contributed by atoms with E-state index in [4.69, 9.17) is 0 Å². The van der Waals surface area contributed by atoms with E-state index in [-0.39, 0.29) is 11.2 Å². The predicted octanol–water partition coefficient (Wildman–Crippen LogP) is 3.15. The van der Waals surface area contributed by atoms with E-state index in [2.05, 4.69) is 21.2 Å². The molecular formula is C14H14BrN3O3.